The van der Waals surface area contributed by atoms with Gasteiger partial charge in [0, 0.05) is 6.04 Å². The van der Waals surface area contributed by atoms with E-state index in [0.29, 0.717) is 0 Å². The summed E-state index contributed by atoms with van der Waals surface area (Å²) in [5, 5.41) is 0. The summed E-state index contributed by atoms with van der Waals surface area (Å²) in [7, 11) is 0. The van der Waals surface area contributed by atoms with Gasteiger partial charge in [-0.1, -0.05) is 12.1 Å². The van der Waals surface area contributed by atoms with E-state index in [1.807, 2.05) is 0 Å². The van der Waals surface area contributed by atoms with Crippen LogP contribution < -0.4 is 10.5 Å². The van der Waals surface area contributed by atoms with Gasteiger partial charge in [-0.3, -0.25) is 9.59 Å². The first-order valence-corrected chi connectivity index (χ1v) is 7.57. The molecule has 132 valence electrons. The van der Waals surface area contributed by atoms with Crippen molar-refractivity contribution < 1.29 is 27.5 Å². The number of primary amides is 1. The Hall–Kier alpha value is -2.25. The van der Waals surface area contributed by atoms with E-state index in [4.69, 9.17) is 10.5 Å². The number of hydrogen-bond acceptors (Lipinski definition) is 3. The van der Waals surface area contributed by atoms with Crippen LogP contribution in [0.5, 0.6) is 5.75 Å². The smallest absolute Gasteiger partial charge is 0.406 e. The molecule has 5 nitrogen and oxygen atoms in total. The Bertz CT molecular complexity index is 615. The molecule has 2 amide bonds. The maximum atomic E-state index is 12.7. The topological polar surface area (TPSA) is 72.6 Å². The third-order valence-electron chi connectivity index (χ3n) is 3.97. The van der Waals surface area contributed by atoms with Crippen LogP contribution in [0.1, 0.15) is 30.1 Å². The summed E-state index contributed by atoms with van der Waals surface area (Å²) in [6, 6.07) is 5.50. The van der Waals surface area contributed by atoms with Gasteiger partial charge in [-0.15, -0.1) is 0 Å². The number of carbonyl (C=O) groups excluding carboxylic acids is 2. The lowest BCUT2D eigenvalue weighted by atomic mass is 10.1. The molecule has 1 aliphatic rings. The highest BCUT2D eigenvalue weighted by Crippen LogP contribution is 2.36. The molecular weight excluding hydrogens is 325 g/mol. The Morgan fingerprint density at radius 2 is 1.96 bits per heavy atom. The molecule has 1 fully saturated rings. The Kier molecular flexibility index (Phi) is 5.36. The first-order valence-electron chi connectivity index (χ1n) is 7.57. The van der Waals surface area contributed by atoms with Crippen LogP contribution in [0, 0.1) is 5.92 Å². The molecule has 0 saturated heterocycles. The zero-order valence-corrected chi connectivity index (χ0v) is 13.2. The minimum Gasteiger partial charge on any atom is -0.483 e. The maximum Gasteiger partial charge on any atom is 0.406 e. The monoisotopic (exact) mass is 344 g/mol. The number of ether oxygens (including phenoxy) is 1. The molecule has 0 radical (unpaired) electrons. The van der Waals surface area contributed by atoms with Crippen LogP contribution in [-0.2, 0) is 4.79 Å². The van der Waals surface area contributed by atoms with Gasteiger partial charge < -0.3 is 15.4 Å². The van der Waals surface area contributed by atoms with Crippen LogP contribution in [0.3, 0.4) is 0 Å². The number of nitrogens with zero attached hydrogens (tertiary/aromatic N) is 1. The first kappa shape index (κ1) is 18.1. The normalized spacial score (nSPS) is 15.7. The van der Waals surface area contributed by atoms with Crippen molar-refractivity contribution in [1.29, 1.82) is 0 Å². The minimum atomic E-state index is -4.48. The minimum absolute atomic E-state index is 0.0721. The summed E-state index contributed by atoms with van der Waals surface area (Å²) in [4.78, 5) is 24.3. The fourth-order valence-electron chi connectivity index (χ4n) is 2.50. The largest absolute Gasteiger partial charge is 0.483 e. The highest BCUT2D eigenvalue weighted by Gasteiger charge is 2.40. The SMILES string of the molecule is C[C@@H](C1CC1)N(CC(F)(F)F)C(=O)COc1ccccc1C(N)=O. The van der Waals surface area contributed by atoms with E-state index >= 15 is 0 Å². The molecule has 0 spiro atoms. The summed E-state index contributed by atoms with van der Waals surface area (Å²) < 4.78 is 43.5. The van der Waals surface area contributed by atoms with E-state index in [1.165, 1.54) is 12.1 Å². The Morgan fingerprint density at radius 1 is 1.33 bits per heavy atom. The highest BCUT2D eigenvalue weighted by atomic mass is 19.4. The fraction of sp³-hybridized carbons (Fsp3) is 0.500. The predicted molar refractivity (Wildman–Crippen MR) is 80.4 cm³/mol. The van der Waals surface area contributed by atoms with Crippen LogP contribution in [0.2, 0.25) is 0 Å². The second kappa shape index (κ2) is 7.11. The molecule has 2 N–H and O–H groups in total. The molecule has 0 unspecified atom stereocenters. The van der Waals surface area contributed by atoms with Crippen molar-refractivity contribution in [3.63, 3.8) is 0 Å². The van der Waals surface area contributed by atoms with E-state index in [1.54, 1.807) is 19.1 Å². The molecule has 1 aromatic carbocycles. The summed E-state index contributed by atoms with van der Waals surface area (Å²) >= 11 is 0. The number of rotatable bonds is 7. The predicted octanol–water partition coefficient (Wildman–Crippen LogP) is 2.35. The Labute approximate surface area is 137 Å². The molecule has 1 atom stereocenters. The molecule has 0 aromatic heterocycles. The van der Waals surface area contributed by atoms with Gasteiger partial charge in [0.1, 0.15) is 12.3 Å². The van der Waals surface area contributed by atoms with E-state index in [0.717, 1.165) is 17.7 Å². The molecule has 0 heterocycles. The van der Waals surface area contributed by atoms with E-state index in [2.05, 4.69) is 0 Å². The average molecular weight is 344 g/mol. The van der Waals surface area contributed by atoms with Crippen molar-refractivity contribution in [3.8, 4) is 5.75 Å². The summed E-state index contributed by atoms with van der Waals surface area (Å²) in [5.74, 6) is -1.35. The number of alkyl halides is 3. The number of hydrogen-bond donors (Lipinski definition) is 1. The molecule has 8 heteroatoms. The maximum absolute atomic E-state index is 12.7. The summed E-state index contributed by atoms with van der Waals surface area (Å²) in [5.41, 5.74) is 5.27. The third kappa shape index (κ3) is 4.87. The second-order valence-corrected chi connectivity index (χ2v) is 5.86. The van der Waals surface area contributed by atoms with Crippen LogP contribution in [0.4, 0.5) is 13.2 Å². The summed E-state index contributed by atoms with van der Waals surface area (Å²) in [6.45, 7) is -0.291. The first-order chi connectivity index (χ1) is 11.2. The number of amides is 2. The zero-order chi connectivity index (χ0) is 17.9. The summed E-state index contributed by atoms with van der Waals surface area (Å²) in [6.07, 6.45) is -2.85. The Morgan fingerprint density at radius 3 is 2.50 bits per heavy atom. The van der Waals surface area contributed by atoms with Gasteiger partial charge >= 0.3 is 6.18 Å². The lowest BCUT2D eigenvalue weighted by Gasteiger charge is -2.30. The number of nitrogens with two attached hydrogens (primary N) is 1. The van der Waals surface area contributed by atoms with Crippen molar-refractivity contribution in [3.05, 3.63) is 29.8 Å². The average Bonchev–Trinajstić information content (AvgIpc) is 3.33. The van der Waals surface area contributed by atoms with Crippen molar-refractivity contribution in [2.24, 2.45) is 11.7 Å². The lowest BCUT2D eigenvalue weighted by Crippen LogP contribution is -2.47. The van der Waals surface area contributed by atoms with E-state index in [-0.39, 0.29) is 17.2 Å². The van der Waals surface area contributed by atoms with Gasteiger partial charge in [0.15, 0.2) is 6.61 Å². The van der Waals surface area contributed by atoms with Gasteiger partial charge in [-0.2, -0.15) is 13.2 Å². The Balaban J connectivity index is 2.06. The van der Waals surface area contributed by atoms with Gasteiger partial charge in [-0.05, 0) is 37.8 Å². The molecular formula is C16H19F3N2O3. The van der Waals surface area contributed by atoms with Crippen molar-refractivity contribution in [2.45, 2.75) is 32.0 Å². The van der Waals surface area contributed by atoms with Crippen molar-refractivity contribution >= 4 is 11.8 Å². The lowest BCUT2D eigenvalue weighted by molar-refractivity contribution is -0.167. The molecule has 2 rings (SSSR count). The molecule has 1 aliphatic carbocycles. The van der Waals surface area contributed by atoms with E-state index < -0.39 is 37.2 Å². The highest BCUT2D eigenvalue weighted by molar-refractivity contribution is 5.95. The van der Waals surface area contributed by atoms with Crippen molar-refractivity contribution in [2.75, 3.05) is 13.2 Å². The fourth-order valence-corrected chi connectivity index (χ4v) is 2.50. The second-order valence-electron chi connectivity index (χ2n) is 5.86. The zero-order valence-electron chi connectivity index (χ0n) is 13.2. The standard InChI is InChI=1S/C16H19F3N2O3/c1-10(11-6-7-11)21(9-16(17,18)19)14(22)8-24-13-5-3-2-4-12(13)15(20)23/h2-5,10-11H,6-9H2,1H3,(H2,20,23)/t10-/m0/s1. The number of carbonyl (C=O) groups is 2. The van der Waals surface area contributed by atoms with Gasteiger partial charge in [0.2, 0.25) is 0 Å². The van der Waals surface area contributed by atoms with Gasteiger partial charge in [-0.25, -0.2) is 0 Å². The van der Waals surface area contributed by atoms with Crippen molar-refractivity contribution in [1.82, 2.24) is 4.90 Å². The van der Waals surface area contributed by atoms with E-state index in [9.17, 15) is 22.8 Å². The van der Waals surface area contributed by atoms with Crippen LogP contribution >= 0.6 is 0 Å². The molecule has 1 saturated carbocycles. The van der Waals surface area contributed by atoms with Crippen LogP contribution in [0.25, 0.3) is 0 Å². The quantitative estimate of drug-likeness (QED) is 0.825. The van der Waals surface area contributed by atoms with Crippen LogP contribution in [0.15, 0.2) is 24.3 Å². The van der Waals surface area contributed by atoms with Crippen LogP contribution in [-0.4, -0.2) is 42.1 Å². The number of para-hydroxylation sites is 1. The molecule has 24 heavy (non-hydrogen) atoms. The molecule has 1 aromatic rings. The third-order valence-corrected chi connectivity index (χ3v) is 3.97. The number of benzene rings is 1. The van der Waals surface area contributed by atoms with Gasteiger partial charge in [0.05, 0.1) is 5.56 Å². The molecule has 0 bridgehead atoms. The van der Waals surface area contributed by atoms with Gasteiger partial charge in [0.25, 0.3) is 11.8 Å². The number of halogens is 3. The molecule has 0 aliphatic heterocycles.